The standard InChI is InChI=1S/C9H15N/c1-5-6-9(7(2)3)8(4)10/h5-7,10H,1H2,2-4H3/b9-6+,10-8?. The smallest absolute Gasteiger partial charge is 0.0317 e. The fourth-order valence-electron chi connectivity index (χ4n) is 0.877. The number of rotatable bonds is 3. The molecule has 0 spiro atoms. The molecule has 0 aliphatic rings. The van der Waals surface area contributed by atoms with Crippen LogP contribution in [-0.4, -0.2) is 5.71 Å². The van der Waals surface area contributed by atoms with Crippen LogP contribution in [0, 0.1) is 11.3 Å². The molecule has 56 valence electrons. The number of allylic oxidation sites excluding steroid dienone is 3. The second-order valence-electron chi connectivity index (χ2n) is 2.64. The summed E-state index contributed by atoms with van der Waals surface area (Å²) in [6, 6.07) is 0. The first-order valence-electron chi connectivity index (χ1n) is 3.47. The van der Waals surface area contributed by atoms with E-state index in [2.05, 4.69) is 20.4 Å². The lowest BCUT2D eigenvalue weighted by atomic mass is 9.99. The Balaban J connectivity index is 4.41. The zero-order valence-electron chi connectivity index (χ0n) is 6.94. The van der Waals surface area contributed by atoms with Gasteiger partial charge in [-0.15, -0.1) is 0 Å². The molecule has 0 heterocycles. The zero-order chi connectivity index (χ0) is 8.15. The van der Waals surface area contributed by atoms with Gasteiger partial charge in [0.05, 0.1) is 0 Å². The van der Waals surface area contributed by atoms with Gasteiger partial charge < -0.3 is 5.41 Å². The van der Waals surface area contributed by atoms with Crippen LogP contribution >= 0.6 is 0 Å². The molecule has 1 N–H and O–H groups in total. The fraction of sp³-hybridized carbons (Fsp3) is 0.444. The normalized spacial score (nSPS) is 11.8. The number of hydrogen-bond donors (Lipinski definition) is 1. The van der Waals surface area contributed by atoms with Crippen LogP contribution in [0.15, 0.2) is 24.3 Å². The zero-order valence-corrected chi connectivity index (χ0v) is 6.94. The van der Waals surface area contributed by atoms with E-state index in [1.807, 2.05) is 6.08 Å². The SMILES string of the molecule is C=C/C=C(/C(C)=N)C(C)C. The Morgan fingerprint density at radius 3 is 2.10 bits per heavy atom. The van der Waals surface area contributed by atoms with Gasteiger partial charge >= 0.3 is 0 Å². The molecule has 0 aromatic carbocycles. The summed E-state index contributed by atoms with van der Waals surface area (Å²) in [5.41, 5.74) is 1.70. The van der Waals surface area contributed by atoms with Gasteiger partial charge in [0.25, 0.3) is 0 Å². The number of nitrogens with one attached hydrogen (secondary N) is 1. The third-order valence-corrected chi connectivity index (χ3v) is 1.35. The lowest BCUT2D eigenvalue weighted by Gasteiger charge is -2.07. The summed E-state index contributed by atoms with van der Waals surface area (Å²) < 4.78 is 0. The minimum atomic E-state index is 0.426. The van der Waals surface area contributed by atoms with Gasteiger partial charge in [0.1, 0.15) is 0 Å². The van der Waals surface area contributed by atoms with Crippen LogP contribution in [-0.2, 0) is 0 Å². The first-order chi connectivity index (χ1) is 4.59. The van der Waals surface area contributed by atoms with Gasteiger partial charge in [-0.25, -0.2) is 0 Å². The topological polar surface area (TPSA) is 23.9 Å². The molecule has 0 saturated heterocycles. The summed E-state index contributed by atoms with van der Waals surface area (Å²) >= 11 is 0. The molecule has 0 rings (SSSR count). The fourth-order valence-corrected chi connectivity index (χ4v) is 0.877. The van der Waals surface area contributed by atoms with Crippen molar-refractivity contribution in [1.82, 2.24) is 0 Å². The Morgan fingerprint density at radius 1 is 1.50 bits per heavy atom. The first-order valence-corrected chi connectivity index (χ1v) is 3.47. The molecule has 0 saturated carbocycles. The molecule has 0 amide bonds. The van der Waals surface area contributed by atoms with Crippen molar-refractivity contribution in [1.29, 1.82) is 5.41 Å². The summed E-state index contributed by atoms with van der Waals surface area (Å²) in [4.78, 5) is 0. The van der Waals surface area contributed by atoms with Crippen LogP contribution in [0.25, 0.3) is 0 Å². The molecule has 0 aliphatic heterocycles. The van der Waals surface area contributed by atoms with Crippen molar-refractivity contribution < 1.29 is 0 Å². The lowest BCUT2D eigenvalue weighted by molar-refractivity contribution is 0.800. The minimum absolute atomic E-state index is 0.426. The highest BCUT2D eigenvalue weighted by atomic mass is 14.4. The summed E-state index contributed by atoms with van der Waals surface area (Å²) in [7, 11) is 0. The summed E-state index contributed by atoms with van der Waals surface area (Å²) in [6.07, 6.45) is 3.63. The third kappa shape index (κ3) is 2.62. The highest BCUT2D eigenvalue weighted by Crippen LogP contribution is 2.10. The predicted molar refractivity (Wildman–Crippen MR) is 46.5 cm³/mol. The van der Waals surface area contributed by atoms with E-state index in [1.54, 1.807) is 13.0 Å². The molecule has 0 aromatic rings. The second-order valence-corrected chi connectivity index (χ2v) is 2.64. The van der Waals surface area contributed by atoms with Gasteiger partial charge in [0, 0.05) is 5.71 Å². The molecule has 0 unspecified atom stereocenters. The van der Waals surface area contributed by atoms with Crippen molar-refractivity contribution in [2.24, 2.45) is 5.92 Å². The van der Waals surface area contributed by atoms with Crippen molar-refractivity contribution in [3.8, 4) is 0 Å². The van der Waals surface area contributed by atoms with Gasteiger partial charge in [0.15, 0.2) is 0 Å². The third-order valence-electron chi connectivity index (χ3n) is 1.35. The Bertz CT molecular complexity index is 164. The predicted octanol–water partition coefficient (Wildman–Crippen LogP) is 2.79. The van der Waals surface area contributed by atoms with Gasteiger partial charge in [-0.05, 0) is 18.4 Å². The average Bonchev–Trinajstić information content (AvgIpc) is 1.81. The quantitative estimate of drug-likeness (QED) is 0.457. The summed E-state index contributed by atoms with van der Waals surface area (Å²) in [6.45, 7) is 9.55. The van der Waals surface area contributed by atoms with Crippen molar-refractivity contribution >= 4 is 5.71 Å². The molecule has 1 nitrogen and oxygen atoms in total. The number of hydrogen-bond acceptors (Lipinski definition) is 1. The largest absolute Gasteiger partial charge is 0.305 e. The van der Waals surface area contributed by atoms with Crippen LogP contribution in [0.1, 0.15) is 20.8 Å². The van der Waals surface area contributed by atoms with E-state index >= 15 is 0 Å². The molecule has 0 aromatic heterocycles. The van der Waals surface area contributed by atoms with Crippen molar-refractivity contribution in [2.75, 3.05) is 0 Å². The monoisotopic (exact) mass is 137 g/mol. The summed E-state index contributed by atoms with van der Waals surface area (Å²) in [5.74, 6) is 0.426. The van der Waals surface area contributed by atoms with E-state index < -0.39 is 0 Å². The molecular formula is C9H15N. The average molecular weight is 137 g/mol. The van der Waals surface area contributed by atoms with E-state index in [4.69, 9.17) is 5.41 Å². The van der Waals surface area contributed by atoms with E-state index in [1.165, 1.54) is 0 Å². The van der Waals surface area contributed by atoms with Crippen LogP contribution in [0.2, 0.25) is 0 Å². The molecular weight excluding hydrogens is 122 g/mol. The molecule has 0 aliphatic carbocycles. The van der Waals surface area contributed by atoms with E-state index in [-0.39, 0.29) is 0 Å². The maximum absolute atomic E-state index is 7.37. The Morgan fingerprint density at radius 2 is 2.00 bits per heavy atom. The molecule has 0 fully saturated rings. The van der Waals surface area contributed by atoms with E-state index in [0.29, 0.717) is 11.6 Å². The highest BCUT2D eigenvalue weighted by molar-refractivity contribution is 5.96. The van der Waals surface area contributed by atoms with Crippen LogP contribution in [0.3, 0.4) is 0 Å². The van der Waals surface area contributed by atoms with Crippen LogP contribution < -0.4 is 0 Å². The van der Waals surface area contributed by atoms with Gasteiger partial charge in [-0.3, -0.25) is 0 Å². The van der Waals surface area contributed by atoms with Gasteiger partial charge in [-0.1, -0.05) is 32.6 Å². The maximum atomic E-state index is 7.37. The van der Waals surface area contributed by atoms with Crippen molar-refractivity contribution in [2.45, 2.75) is 20.8 Å². The van der Waals surface area contributed by atoms with E-state index in [9.17, 15) is 0 Å². The van der Waals surface area contributed by atoms with E-state index in [0.717, 1.165) is 5.57 Å². The summed E-state index contributed by atoms with van der Waals surface area (Å²) in [5, 5.41) is 7.37. The van der Waals surface area contributed by atoms with Gasteiger partial charge in [0.2, 0.25) is 0 Å². The molecule has 0 radical (unpaired) electrons. The molecule has 1 heteroatoms. The van der Waals surface area contributed by atoms with Crippen LogP contribution in [0.5, 0.6) is 0 Å². The molecule has 0 atom stereocenters. The lowest BCUT2D eigenvalue weighted by Crippen LogP contribution is -2.02. The maximum Gasteiger partial charge on any atom is 0.0317 e. The van der Waals surface area contributed by atoms with Crippen molar-refractivity contribution in [3.63, 3.8) is 0 Å². The first kappa shape index (κ1) is 9.15. The van der Waals surface area contributed by atoms with Crippen molar-refractivity contribution in [3.05, 3.63) is 24.3 Å². The Labute approximate surface area is 63.0 Å². The Kier molecular flexibility index (Phi) is 3.70. The molecule has 0 bridgehead atoms. The van der Waals surface area contributed by atoms with Gasteiger partial charge in [-0.2, -0.15) is 0 Å². The molecule has 10 heavy (non-hydrogen) atoms. The second kappa shape index (κ2) is 4.04. The minimum Gasteiger partial charge on any atom is -0.305 e. The highest BCUT2D eigenvalue weighted by Gasteiger charge is 2.02. The Hall–Kier alpha value is -0.850. The van der Waals surface area contributed by atoms with Crippen LogP contribution in [0.4, 0.5) is 0 Å².